The predicted octanol–water partition coefficient (Wildman–Crippen LogP) is 6.65. The summed E-state index contributed by atoms with van der Waals surface area (Å²) in [5, 5.41) is 0. The van der Waals surface area contributed by atoms with E-state index in [1.165, 1.54) is 0 Å². The minimum absolute atomic E-state index is 3.73. The summed E-state index contributed by atoms with van der Waals surface area (Å²) in [4.78, 5) is 0. The minimum atomic E-state index is -8.76. The second-order valence-electron chi connectivity index (χ2n) is 5.24. The Morgan fingerprint density at radius 2 is 0.621 bits per heavy atom. The summed E-state index contributed by atoms with van der Waals surface area (Å²) in [6, 6.07) is 0. The molecule has 0 rings (SSSR count). The van der Waals surface area contributed by atoms with Crippen LogP contribution in [0.25, 0.3) is 0 Å². The molecule has 0 spiro atoms. The third-order valence-corrected chi connectivity index (χ3v) is 3.20. The topological polar surface area (TPSA) is 0 Å². The molecule has 29 heavy (non-hydrogen) atoms. The van der Waals surface area contributed by atoms with Crippen LogP contribution in [0.1, 0.15) is 6.42 Å². The van der Waals surface area contributed by atoms with Gasteiger partial charge in [0.25, 0.3) is 0 Å². The Morgan fingerprint density at radius 1 is 0.379 bits per heavy atom. The van der Waals surface area contributed by atoms with Crippen LogP contribution in [0.2, 0.25) is 0 Å². The van der Waals surface area contributed by atoms with Gasteiger partial charge in [-0.2, -0.15) is 74.6 Å². The fourth-order valence-corrected chi connectivity index (χ4v) is 1.52. The summed E-state index contributed by atoms with van der Waals surface area (Å²) < 4.78 is 239. The molecule has 0 aromatic carbocycles. The first-order valence-electron chi connectivity index (χ1n) is 6.16. The molecule has 0 saturated heterocycles. The van der Waals surface area contributed by atoms with Crippen LogP contribution in [0.3, 0.4) is 0 Å². The van der Waals surface area contributed by atoms with Crippen LogP contribution in [0.4, 0.5) is 83.4 Å². The van der Waals surface area contributed by atoms with Crippen LogP contribution < -0.4 is 0 Å². The molecular formula is C10H3F19. The number of hydrogen-bond acceptors (Lipinski definition) is 0. The molecule has 0 nitrogen and oxygen atoms in total. The molecule has 0 N–H and O–H groups in total. The van der Waals surface area contributed by atoms with Crippen LogP contribution in [0, 0.1) is 0 Å². The average Bonchev–Trinajstić information content (AvgIpc) is 2.43. The van der Waals surface area contributed by atoms with Crippen molar-refractivity contribution >= 4 is 0 Å². The Hall–Kier alpha value is -1.33. The fraction of sp³-hybridized carbons (Fsp3) is 1.00. The quantitative estimate of drug-likeness (QED) is 0.339. The molecule has 176 valence electrons. The van der Waals surface area contributed by atoms with E-state index in [-0.39, 0.29) is 0 Å². The highest BCUT2D eigenvalue weighted by atomic mass is 19.4. The minimum Gasteiger partial charge on any atom is -0.210 e. The second-order valence-corrected chi connectivity index (χ2v) is 5.24. The van der Waals surface area contributed by atoms with E-state index in [0.29, 0.717) is 0 Å². The van der Waals surface area contributed by atoms with Crippen molar-refractivity contribution < 1.29 is 83.4 Å². The number of halogens is 19. The Bertz CT molecular complexity index is 580. The van der Waals surface area contributed by atoms with Crippen molar-refractivity contribution in [2.45, 2.75) is 60.5 Å². The molecular weight excluding hydrogens is 481 g/mol. The second kappa shape index (κ2) is 6.84. The van der Waals surface area contributed by atoms with Gasteiger partial charge in [0.05, 0.1) is 6.42 Å². The van der Waals surface area contributed by atoms with Gasteiger partial charge in [-0.05, 0) is 0 Å². The van der Waals surface area contributed by atoms with E-state index in [1.54, 1.807) is 0 Å². The third kappa shape index (κ3) is 3.65. The molecule has 0 aromatic heterocycles. The Labute approximate surface area is 145 Å². The highest BCUT2D eigenvalue weighted by molar-refractivity contribution is 5.15. The molecule has 0 aliphatic carbocycles. The van der Waals surface area contributed by atoms with Crippen LogP contribution in [-0.2, 0) is 0 Å². The van der Waals surface area contributed by atoms with Gasteiger partial charge in [-0.25, -0.2) is 8.78 Å². The molecule has 0 radical (unpaired) electrons. The zero-order valence-corrected chi connectivity index (χ0v) is 12.5. The van der Waals surface area contributed by atoms with Crippen LogP contribution in [-0.4, -0.2) is 54.1 Å². The first-order chi connectivity index (χ1) is 12.2. The first kappa shape index (κ1) is 27.7. The normalized spacial score (nSPS) is 16.6. The molecule has 0 aliphatic heterocycles. The van der Waals surface area contributed by atoms with Gasteiger partial charge in [-0.3, -0.25) is 0 Å². The molecule has 0 heterocycles. The first-order valence-corrected chi connectivity index (χ1v) is 6.16. The summed E-state index contributed by atoms with van der Waals surface area (Å²) in [6.45, 7) is 0. The van der Waals surface area contributed by atoms with Gasteiger partial charge in [0.1, 0.15) is 0 Å². The molecule has 0 amide bonds. The lowest BCUT2D eigenvalue weighted by molar-refractivity contribution is -0.462. The van der Waals surface area contributed by atoms with E-state index in [0.717, 1.165) is 0 Å². The van der Waals surface area contributed by atoms with Crippen LogP contribution in [0.5, 0.6) is 0 Å². The predicted molar refractivity (Wildman–Crippen MR) is 51.3 cm³/mol. The van der Waals surface area contributed by atoms with Gasteiger partial charge >= 0.3 is 47.6 Å². The maximum atomic E-state index is 13.1. The van der Waals surface area contributed by atoms with E-state index >= 15 is 0 Å². The van der Waals surface area contributed by atoms with Gasteiger partial charge in [-0.1, -0.05) is 0 Å². The van der Waals surface area contributed by atoms with E-state index in [9.17, 15) is 83.4 Å². The largest absolute Gasteiger partial charge is 0.460 e. The average molecular weight is 484 g/mol. The molecule has 0 unspecified atom stereocenters. The fourth-order valence-electron chi connectivity index (χ4n) is 1.52. The van der Waals surface area contributed by atoms with E-state index < -0.39 is 60.5 Å². The van der Waals surface area contributed by atoms with E-state index in [1.807, 2.05) is 0 Å². The molecule has 0 fully saturated rings. The lowest BCUT2D eigenvalue weighted by Gasteiger charge is -2.42. The van der Waals surface area contributed by atoms with Crippen molar-refractivity contribution in [1.82, 2.24) is 0 Å². The molecule has 0 aromatic rings. The van der Waals surface area contributed by atoms with Gasteiger partial charge in [0.15, 0.2) is 0 Å². The van der Waals surface area contributed by atoms with Gasteiger partial charge < -0.3 is 0 Å². The summed E-state index contributed by atoms with van der Waals surface area (Å²) in [7, 11) is 0. The lowest BCUT2D eigenvalue weighted by atomic mass is 9.88. The van der Waals surface area contributed by atoms with Gasteiger partial charge in [-0.15, -0.1) is 0 Å². The van der Waals surface area contributed by atoms with Crippen molar-refractivity contribution in [3.63, 3.8) is 0 Å². The zero-order chi connectivity index (χ0) is 24.3. The lowest BCUT2D eigenvalue weighted by Crippen LogP contribution is -2.74. The molecule has 0 bridgehead atoms. The van der Waals surface area contributed by atoms with Crippen molar-refractivity contribution in [1.29, 1.82) is 0 Å². The monoisotopic (exact) mass is 484 g/mol. The summed E-state index contributed by atoms with van der Waals surface area (Å²) in [5.41, 5.74) is 0. The Morgan fingerprint density at radius 3 is 0.862 bits per heavy atom. The van der Waals surface area contributed by atoms with Crippen molar-refractivity contribution in [3.8, 4) is 0 Å². The summed E-state index contributed by atoms with van der Waals surface area (Å²) in [5.74, 6) is -58.0. The zero-order valence-electron chi connectivity index (χ0n) is 12.5. The Kier molecular flexibility index (Phi) is 6.53. The summed E-state index contributed by atoms with van der Waals surface area (Å²) >= 11 is 0. The SMILES string of the molecule is FC(F)CC(F)(F)C(F)(F)C(F)(F)C(F)(F)C(F)(F)C(F)(F)C(F)(F)C(F)(F)F. The maximum absolute atomic E-state index is 13.1. The van der Waals surface area contributed by atoms with Crippen LogP contribution in [0.15, 0.2) is 0 Å². The number of hydrogen-bond donors (Lipinski definition) is 0. The molecule has 0 aliphatic rings. The van der Waals surface area contributed by atoms with Crippen molar-refractivity contribution in [2.75, 3.05) is 0 Å². The highest BCUT2D eigenvalue weighted by Gasteiger charge is 2.95. The van der Waals surface area contributed by atoms with Gasteiger partial charge in [0, 0.05) is 0 Å². The van der Waals surface area contributed by atoms with Crippen LogP contribution >= 0.6 is 0 Å². The number of alkyl halides is 19. The van der Waals surface area contributed by atoms with E-state index in [4.69, 9.17) is 0 Å². The van der Waals surface area contributed by atoms with Crippen molar-refractivity contribution in [3.05, 3.63) is 0 Å². The van der Waals surface area contributed by atoms with Crippen molar-refractivity contribution in [2.24, 2.45) is 0 Å². The smallest absolute Gasteiger partial charge is 0.210 e. The highest BCUT2D eigenvalue weighted by Crippen LogP contribution is 2.64. The Balaban J connectivity index is 6.65. The summed E-state index contributed by atoms with van der Waals surface area (Å²) in [6.07, 6.45) is -16.3. The van der Waals surface area contributed by atoms with Gasteiger partial charge in [0.2, 0.25) is 6.43 Å². The third-order valence-electron chi connectivity index (χ3n) is 3.20. The molecule has 19 heteroatoms. The molecule has 0 atom stereocenters. The number of rotatable bonds is 8. The van der Waals surface area contributed by atoms with E-state index in [2.05, 4.69) is 0 Å². The molecule has 0 saturated carbocycles. The maximum Gasteiger partial charge on any atom is 0.460 e. The standard InChI is InChI=1S/C10H3F19/c11-2(12)1-3(13,14)4(15,16)5(17,18)6(19,20)7(21,22)8(23,24)9(25,26)10(27,28)29/h2H,1H2.